The van der Waals surface area contributed by atoms with E-state index in [9.17, 15) is 4.79 Å². The molecule has 19 heavy (non-hydrogen) atoms. The third kappa shape index (κ3) is 2.19. The van der Waals surface area contributed by atoms with E-state index < -0.39 is 6.04 Å². The van der Waals surface area contributed by atoms with E-state index >= 15 is 0 Å². The highest BCUT2D eigenvalue weighted by atomic mass is 35.5. The van der Waals surface area contributed by atoms with Crippen molar-refractivity contribution in [2.75, 3.05) is 13.2 Å². The number of nitrogens with two attached hydrogens (primary N) is 1. The molecule has 1 amide bonds. The zero-order valence-corrected chi connectivity index (χ0v) is 10.7. The van der Waals surface area contributed by atoms with Gasteiger partial charge in [0.2, 0.25) is 0 Å². The zero-order chi connectivity index (χ0) is 13.4. The van der Waals surface area contributed by atoms with E-state index in [0.717, 1.165) is 6.42 Å². The summed E-state index contributed by atoms with van der Waals surface area (Å²) in [6, 6.07) is 2.69. The number of fused-ring (bicyclic) bond motifs is 1. The molecule has 2 heterocycles. The molecule has 1 atom stereocenters. The minimum Gasteiger partial charge on any atom is -0.489 e. The number of guanidine groups is 1. The topological polar surface area (TPSA) is 85.9 Å². The molecule has 0 radical (unpaired) electrons. The van der Waals surface area contributed by atoms with Crippen LogP contribution in [-0.4, -0.2) is 25.1 Å². The van der Waals surface area contributed by atoms with E-state index in [1.54, 1.807) is 12.1 Å². The first-order chi connectivity index (χ1) is 9.15. The molecule has 1 aromatic carbocycles. The fourth-order valence-corrected chi connectivity index (χ4v) is 2.33. The molecule has 0 spiro atoms. The molecule has 7 heteroatoms. The predicted octanol–water partition coefficient (Wildman–Crippen LogP) is 0.987. The maximum absolute atomic E-state index is 11.7. The Labute approximate surface area is 114 Å². The van der Waals surface area contributed by atoms with Crippen molar-refractivity contribution in [3.05, 3.63) is 22.7 Å². The maximum atomic E-state index is 11.7. The number of carbonyl (C=O) groups is 1. The fourth-order valence-electron chi connectivity index (χ4n) is 2.06. The molecule has 0 aliphatic carbocycles. The summed E-state index contributed by atoms with van der Waals surface area (Å²) in [5.74, 6) is 0.882. The average Bonchev–Trinajstić information content (AvgIpc) is 2.59. The molecule has 0 saturated carbocycles. The van der Waals surface area contributed by atoms with Crippen LogP contribution in [0.15, 0.2) is 17.1 Å². The second-order valence-electron chi connectivity index (χ2n) is 4.29. The van der Waals surface area contributed by atoms with Crippen LogP contribution in [0.4, 0.5) is 0 Å². The Hall–Kier alpha value is -1.95. The van der Waals surface area contributed by atoms with E-state index in [-0.39, 0.29) is 11.9 Å². The molecule has 1 aromatic rings. The predicted molar refractivity (Wildman–Crippen MR) is 69.6 cm³/mol. The van der Waals surface area contributed by atoms with Gasteiger partial charge in [-0.1, -0.05) is 11.6 Å². The number of amides is 1. The number of nitrogens with one attached hydrogen (secondary N) is 1. The molecule has 100 valence electrons. The minimum atomic E-state index is -0.686. The highest BCUT2D eigenvalue weighted by Gasteiger charge is 2.28. The molecular formula is C12H12ClN3O3. The van der Waals surface area contributed by atoms with Gasteiger partial charge < -0.3 is 15.2 Å². The summed E-state index contributed by atoms with van der Waals surface area (Å²) in [5.41, 5.74) is 6.11. The Kier molecular flexibility index (Phi) is 2.94. The van der Waals surface area contributed by atoms with Crippen molar-refractivity contribution in [2.45, 2.75) is 12.5 Å². The molecule has 3 rings (SSSR count). The molecule has 6 nitrogen and oxygen atoms in total. The van der Waals surface area contributed by atoms with Crippen molar-refractivity contribution in [3.8, 4) is 11.5 Å². The average molecular weight is 282 g/mol. The Balaban J connectivity index is 2.02. The van der Waals surface area contributed by atoms with Crippen molar-refractivity contribution < 1.29 is 14.3 Å². The molecule has 0 bridgehead atoms. The van der Waals surface area contributed by atoms with Gasteiger partial charge in [-0.05, 0) is 17.7 Å². The summed E-state index contributed by atoms with van der Waals surface area (Å²) < 4.78 is 11.1. The summed E-state index contributed by atoms with van der Waals surface area (Å²) in [4.78, 5) is 15.7. The van der Waals surface area contributed by atoms with Gasteiger partial charge in [0.25, 0.3) is 5.91 Å². The van der Waals surface area contributed by atoms with E-state index in [2.05, 4.69) is 10.3 Å². The largest absolute Gasteiger partial charge is 0.489 e. The van der Waals surface area contributed by atoms with Gasteiger partial charge in [-0.15, -0.1) is 0 Å². The second-order valence-corrected chi connectivity index (χ2v) is 4.69. The van der Waals surface area contributed by atoms with Gasteiger partial charge in [0.15, 0.2) is 23.5 Å². The van der Waals surface area contributed by atoms with Crippen molar-refractivity contribution in [1.82, 2.24) is 5.32 Å². The van der Waals surface area contributed by atoms with Gasteiger partial charge >= 0.3 is 0 Å². The van der Waals surface area contributed by atoms with Crippen molar-refractivity contribution in [3.63, 3.8) is 0 Å². The number of hydrogen-bond acceptors (Lipinski definition) is 5. The SMILES string of the molecule is NC1=NC(c2cc(Cl)c3c(c2)OCCCO3)C(=O)N1. The molecule has 0 saturated heterocycles. The standard InChI is InChI=1S/C12H12ClN3O3/c13-7-4-6(9-11(17)16-12(14)15-9)5-8-10(7)19-3-1-2-18-8/h4-5,9H,1-3H2,(H3,14,15,16,17). The number of benzene rings is 1. The molecule has 3 N–H and O–H groups in total. The van der Waals surface area contributed by atoms with Crippen LogP contribution in [0.2, 0.25) is 5.02 Å². The van der Waals surface area contributed by atoms with Crippen LogP contribution in [0.5, 0.6) is 11.5 Å². The second kappa shape index (κ2) is 4.62. The normalized spacial score (nSPS) is 21.6. The van der Waals surface area contributed by atoms with Crippen LogP contribution in [0, 0.1) is 0 Å². The lowest BCUT2D eigenvalue weighted by molar-refractivity contribution is -0.120. The first kappa shape index (κ1) is 12.1. The first-order valence-electron chi connectivity index (χ1n) is 5.88. The maximum Gasteiger partial charge on any atom is 0.256 e. The molecule has 2 aliphatic heterocycles. The molecule has 2 aliphatic rings. The van der Waals surface area contributed by atoms with Gasteiger partial charge in [0, 0.05) is 6.42 Å². The molecule has 1 unspecified atom stereocenters. The third-order valence-electron chi connectivity index (χ3n) is 2.91. The van der Waals surface area contributed by atoms with Crippen LogP contribution < -0.4 is 20.5 Å². The lowest BCUT2D eigenvalue weighted by Gasteiger charge is -2.12. The monoisotopic (exact) mass is 281 g/mol. The van der Waals surface area contributed by atoms with Crippen LogP contribution in [-0.2, 0) is 4.79 Å². The van der Waals surface area contributed by atoms with Crippen molar-refractivity contribution in [2.24, 2.45) is 10.7 Å². The van der Waals surface area contributed by atoms with Crippen LogP contribution in [0.3, 0.4) is 0 Å². The van der Waals surface area contributed by atoms with Gasteiger partial charge in [0.05, 0.1) is 18.2 Å². The fraction of sp³-hybridized carbons (Fsp3) is 0.333. The summed E-state index contributed by atoms with van der Waals surface area (Å²) in [6.07, 6.45) is 0.787. The lowest BCUT2D eigenvalue weighted by atomic mass is 10.1. The Morgan fingerprint density at radius 2 is 2.16 bits per heavy atom. The lowest BCUT2D eigenvalue weighted by Crippen LogP contribution is -2.31. The van der Waals surface area contributed by atoms with Crippen molar-refractivity contribution in [1.29, 1.82) is 0 Å². The van der Waals surface area contributed by atoms with Gasteiger partial charge in [-0.25, -0.2) is 4.99 Å². The quantitative estimate of drug-likeness (QED) is 0.804. The molecular weight excluding hydrogens is 270 g/mol. The van der Waals surface area contributed by atoms with Gasteiger partial charge in [-0.2, -0.15) is 0 Å². The Bertz CT molecular complexity index is 574. The summed E-state index contributed by atoms with van der Waals surface area (Å²) in [5, 5.41) is 2.86. The Morgan fingerprint density at radius 3 is 2.89 bits per heavy atom. The summed E-state index contributed by atoms with van der Waals surface area (Å²) in [7, 11) is 0. The number of aliphatic imine (C=N–C) groups is 1. The molecule has 0 aromatic heterocycles. The van der Waals surface area contributed by atoms with Crippen LogP contribution >= 0.6 is 11.6 Å². The number of rotatable bonds is 1. The van der Waals surface area contributed by atoms with Crippen LogP contribution in [0.25, 0.3) is 0 Å². The van der Waals surface area contributed by atoms with E-state index in [1.165, 1.54) is 0 Å². The summed E-state index contributed by atoms with van der Waals surface area (Å²) in [6.45, 7) is 1.11. The van der Waals surface area contributed by atoms with Crippen molar-refractivity contribution >= 4 is 23.5 Å². The Morgan fingerprint density at radius 1 is 1.37 bits per heavy atom. The van der Waals surface area contributed by atoms with E-state index in [0.29, 0.717) is 35.3 Å². The zero-order valence-electron chi connectivity index (χ0n) is 9.98. The van der Waals surface area contributed by atoms with Gasteiger partial charge in [-0.3, -0.25) is 10.1 Å². The first-order valence-corrected chi connectivity index (χ1v) is 6.26. The smallest absolute Gasteiger partial charge is 0.256 e. The number of ether oxygens (including phenoxy) is 2. The number of hydrogen-bond donors (Lipinski definition) is 2. The highest BCUT2D eigenvalue weighted by Crippen LogP contribution is 2.40. The summed E-state index contributed by atoms with van der Waals surface area (Å²) >= 11 is 6.17. The van der Waals surface area contributed by atoms with Crippen LogP contribution in [0.1, 0.15) is 18.0 Å². The van der Waals surface area contributed by atoms with E-state index in [1.807, 2.05) is 0 Å². The number of halogens is 1. The minimum absolute atomic E-state index is 0.109. The third-order valence-corrected chi connectivity index (χ3v) is 3.19. The van der Waals surface area contributed by atoms with E-state index in [4.69, 9.17) is 26.8 Å². The highest BCUT2D eigenvalue weighted by molar-refractivity contribution is 6.32. The number of carbonyl (C=O) groups excluding carboxylic acids is 1. The molecule has 0 fully saturated rings. The van der Waals surface area contributed by atoms with Gasteiger partial charge in [0.1, 0.15) is 0 Å². The number of nitrogens with zero attached hydrogens (tertiary/aromatic N) is 1.